The second-order valence-corrected chi connectivity index (χ2v) is 12.8. The Morgan fingerprint density at radius 1 is 0.950 bits per heavy atom. The van der Waals surface area contributed by atoms with E-state index >= 15 is 0 Å². The number of aryl methyl sites for hydroxylation is 1. The van der Waals surface area contributed by atoms with Gasteiger partial charge in [-0.05, 0) is 87.5 Å². The highest BCUT2D eigenvalue weighted by atomic mass is 35.5. The lowest BCUT2D eigenvalue weighted by atomic mass is 10.1. The topological polar surface area (TPSA) is 86.8 Å². The van der Waals surface area contributed by atoms with E-state index in [0.29, 0.717) is 10.7 Å². The molecule has 3 rings (SSSR count). The fourth-order valence-corrected chi connectivity index (χ4v) is 5.90. The summed E-state index contributed by atoms with van der Waals surface area (Å²) >= 11 is 7.56. The quantitative estimate of drug-likeness (QED) is 0.261. The van der Waals surface area contributed by atoms with Crippen LogP contribution in [0, 0.1) is 6.92 Å². The second kappa shape index (κ2) is 14.1. The van der Waals surface area contributed by atoms with Crippen molar-refractivity contribution in [2.24, 2.45) is 0 Å². The van der Waals surface area contributed by atoms with Crippen molar-refractivity contribution >= 4 is 50.9 Å². The van der Waals surface area contributed by atoms with Gasteiger partial charge >= 0.3 is 0 Å². The molecule has 0 aromatic heterocycles. The highest BCUT2D eigenvalue weighted by Gasteiger charge is 2.32. The molecule has 7 nitrogen and oxygen atoms in total. The Labute approximate surface area is 247 Å². The van der Waals surface area contributed by atoms with Crippen LogP contribution in [0.25, 0.3) is 0 Å². The van der Waals surface area contributed by atoms with Gasteiger partial charge in [0.2, 0.25) is 11.8 Å². The normalized spacial score (nSPS) is 12.8. The SMILES string of the molecule is CCC(C)NC(=O)C(C)N(Cc1ccc(Cl)cc1)C(=O)CN(c1ccc(C)cc1)S(=O)(=O)c1ccc(SC)cc1. The summed E-state index contributed by atoms with van der Waals surface area (Å²) in [6, 6.07) is 19.6. The molecule has 2 amide bonds. The first-order chi connectivity index (χ1) is 19.0. The smallest absolute Gasteiger partial charge is 0.264 e. The number of anilines is 1. The van der Waals surface area contributed by atoms with Gasteiger partial charge in [-0.25, -0.2) is 8.42 Å². The van der Waals surface area contributed by atoms with Gasteiger partial charge in [-0.15, -0.1) is 11.8 Å². The van der Waals surface area contributed by atoms with E-state index in [0.717, 1.165) is 26.7 Å². The summed E-state index contributed by atoms with van der Waals surface area (Å²) in [7, 11) is -4.11. The molecule has 214 valence electrons. The monoisotopic (exact) mass is 601 g/mol. The van der Waals surface area contributed by atoms with Crippen LogP contribution in [0.15, 0.2) is 82.6 Å². The number of benzene rings is 3. The molecular formula is C30H36ClN3O4S2. The standard InChI is InChI=1S/C30H36ClN3O4S2/c1-6-22(3)32-30(36)23(4)33(19-24-9-11-25(31)12-10-24)29(35)20-34(26-13-7-21(2)8-14-26)40(37,38)28-17-15-27(39-5)16-18-28/h7-18,22-23H,6,19-20H2,1-5H3,(H,32,36). The van der Waals surface area contributed by atoms with E-state index in [-0.39, 0.29) is 23.4 Å². The van der Waals surface area contributed by atoms with Crippen molar-refractivity contribution in [3.05, 3.63) is 88.9 Å². The molecule has 0 aliphatic carbocycles. The van der Waals surface area contributed by atoms with Crippen molar-refractivity contribution < 1.29 is 18.0 Å². The number of thioether (sulfide) groups is 1. The first-order valence-electron chi connectivity index (χ1n) is 13.0. The fraction of sp³-hybridized carbons (Fsp3) is 0.333. The summed E-state index contributed by atoms with van der Waals surface area (Å²) < 4.78 is 28.9. The number of rotatable bonds is 12. The van der Waals surface area contributed by atoms with E-state index in [9.17, 15) is 18.0 Å². The number of amides is 2. The zero-order valence-corrected chi connectivity index (χ0v) is 25.8. The molecule has 3 aromatic rings. The van der Waals surface area contributed by atoms with E-state index < -0.39 is 28.5 Å². The minimum absolute atomic E-state index is 0.0730. The third-order valence-electron chi connectivity index (χ3n) is 6.68. The van der Waals surface area contributed by atoms with Crippen LogP contribution >= 0.6 is 23.4 Å². The number of nitrogens with one attached hydrogen (secondary N) is 1. The Bertz CT molecular complexity index is 1400. The zero-order valence-electron chi connectivity index (χ0n) is 23.4. The third kappa shape index (κ3) is 8.02. The summed E-state index contributed by atoms with van der Waals surface area (Å²) in [6.07, 6.45) is 2.65. The molecule has 0 bridgehead atoms. The molecule has 40 heavy (non-hydrogen) atoms. The van der Waals surface area contributed by atoms with Crippen LogP contribution in [0.5, 0.6) is 0 Å². The van der Waals surface area contributed by atoms with Crippen LogP contribution < -0.4 is 9.62 Å². The van der Waals surface area contributed by atoms with Crippen molar-refractivity contribution in [1.29, 1.82) is 0 Å². The molecule has 0 spiro atoms. The highest BCUT2D eigenvalue weighted by Crippen LogP contribution is 2.26. The Hall–Kier alpha value is -3.01. The lowest BCUT2D eigenvalue weighted by Crippen LogP contribution is -2.52. The lowest BCUT2D eigenvalue weighted by Gasteiger charge is -2.32. The molecule has 2 atom stereocenters. The molecule has 3 aromatic carbocycles. The molecule has 0 radical (unpaired) electrons. The van der Waals surface area contributed by atoms with Crippen LogP contribution in [-0.2, 0) is 26.2 Å². The van der Waals surface area contributed by atoms with Gasteiger partial charge in [-0.3, -0.25) is 13.9 Å². The van der Waals surface area contributed by atoms with Crippen molar-refractivity contribution in [1.82, 2.24) is 10.2 Å². The van der Waals surface area contributed by atoms with Gasteiger partial charge in [-0.2, -0.15) is 0 Å². The molecule has 0 saturated carbocycles. The van der Waals surface area contributed by atoms with Crippen LogP contribution in [0.3, 0.4) is 0 Å². The van der Waals surface area contributed by atoms with Gasteiger partial charge in [0.05, 0.1) is 10.6 Å². The summed E-state index contributed by atoms with van der Waals surface area (Å²) in [4.78, 5) is 29.5. The van der Waals surface area contributed by atoms with Gasteiger partial charge < -0.3 is 10.2 Å². The largest absolute Gasteiger partial charge is 0.352 e. The summed E-state index contributed by atoms with van der Waals surface area (Å²) in [5.41, 5.74) is 2.07. The van der Waals surface area contributed by atoms with Crippen LogP contribution in [0.2, 0.25) is 5.02 Å². The maximum absolute atomic E-state index is 14.0. The third-order valence-corrected chi connectivity index (χ3v) is 9.47. The summed E-state index contributed by atoms with van der Waals surface area (Å²) in [5.74, 6) is -0.819. The Kier molecular flexibility index (Phi) is 11.1. The van der Waals surface area contributed by atoms with Gasteiger partial charge in [0, 0.05) is 22.5 Å². The fourth-order valence-electron chi connectivity index (χ4n) is 3.95. The van der Waals surface area contributed by atoms with Crippen LogP contribution in [0.1, 0.15) is 38.3 Å². The number of nitrogens with zero attached hydrogens (tertiary/aromatic N) is 2. The molecule has 1 N–H and O–H groups in total. The number of carbonyl (C=O) groups excluding carboxylic acids is 2. The number of carbonyl (C=O) groups is 2. The molecule has 2 unspecified atom stereocenters. The number of hydrogen-bond donors (Lipinski definition) is 1. The minimum atomic E-state index is -4.11. The van der Waals surface area contributed by atoms with Gasteiger partial charge in [0.25, 0.3) is 10.0 Å². The van der Waals surface area contributed by atoms with Gasteiger partial charge in [0.1, 0.15) is 12.6 Å². The van der Waals surface area contributed by atoms with Crippen molar-refractivity contribution in [3.63, 3.8) is 0 Å². The molecule has 10 heteroatoms. The molecule has 0 aliphatic rings. The van der Waals surface area contributed by atoms with E-state index in [1.54, 1.807) is 79.7 Å². The van der Waals surface area contributed by atoms with Gasteiger partial charge in [0.15, 0.2) is 0 Å². The van der Waals surface area contributed by atoms with Crippen LogP contribution in [-0.4, -0.2) is 50.0 Å². The van der Waals surface area contributed by atoms with Crippen molar-refractivity contribution in [2.45, 2.75) is 62.5 Å². The first-order valence-corrected chi connectivity index (χ1v) is 16.1. The summed E-state index contributed by atoms with van der Waals surface area (Å²) in [6.45, 7) is 7.03. The van der Waals surface area contributed by atoms with E-state index in [2.05, 4.69) is 5.32 Å². The Morgan fingerprint density at radius 3 is 2.10 bits per heavy atom. The Balaban J connectivity index is 2.01. The predicted octanol–water partition coefficient (Wildman–Crippen LogP) is 5.90. The molecule has 0 heterocycles. The van der Waals surface area contributed by atoms with E-state index in [1.165, 1.54) is 16.7 Å². The molecule has 0 aliphatic heterocycles. The van der Waals surface area contributed by atoms with E-state index in [1.807, 2.05) is 27.0 Å². The average Bonchev–Trinajstić information content (AvgIpc) is 2.95. The summed E-state index contributed by atoms with van der Waals surface area (Å²) in [5, 5.41) is 3.48. The van der Waals surface area contributed by atoms with Gasteiger partial charge in [-0.1, -0.05) is 48.4 Å². The number of halogens is 1. The maximum Gasteiger partial charge on any atom is 0.264 e. The highest BCUT2D eigenvalue weighted by molar-refractivity contribution is 7.98. The number of hydrogen-bond acceptors (Lipinski definition) is 5. The first kappa shape index (κ1) is 31.5. The zero-order chi connectivity index (χ0) is 29.4. The van der Waals surface area contributed by atoms with E-state index in [4.69, 9.17) is 11.6 Å². The Morgan fingerprint density at radius 2 is 1.55 bits per heavy atom. The average molecular weight is 602 g/mol. The van der Waals surface area contributed by atoms with Crippen molar-refractivity contribution in [3.8, 4) is 0 Å². The van der Waals surface area contributed by atoms with Crippen LogP contribution in [0.4, 0.5) is 5.69 Å². The molecule has 0 fully saturated rings. The number of sulfonamides is 1. The molecule has 0 saturated heterocycles. The van der Waals surface area contributed by atoms with Crippen molar-refractivity contribution in [2.75, 3.05) is 17.1 Å². The molecular weight excluding hydrogens is 566 g/mol. The maximum atomic E-state index is 14.0. The second-order valence-electron chi connectivity index (χ2n) is 9.66. The minimum Gasteiger partial charge on any atom is -0.352 e. The predicted molar refractivity (Wildman–Crippen MR) is 163 cm³/mol. The lowest BCUT2D eigenvalue weighted by molar-refractivity contribution is -0.139.